The van der Waals surface area contributed by atoms with Gasteiger partial charge in [-0.15, -0.1) is 0 Å². The number of aromatic nitrogens is 3. The van der Waals surface area contributed by atoms with Crippen molar-refractivity contribution in [3.05, 3.63) is 57.4 Å². The molecule has 0 radical (unpaired) electrons. The van der Waals surface area contributed by atoms with Crippen LogP contribution in [0.25, 0.3) is 11.0 Å². The van der Waals surface area contributed by atoms with Gasteiger partial charge in [-0.3, -0.25) is 9.36 Å². The quantitative estimate of drug-likeness (QED) is 0.735. The molecule has 19 heavy (non-hydrogen) atoms. The molecular formula is C14H13N3OS. The van der Waals surface area contributed by atoms with Gasteiger partial charge in [0, 0.05) is 12.2 Å². The number of hydrogen-bond acceptors (Lipinski definition) is 4. The van der Waals surface area contributed by atoms with Gasteiger partial charge in [0.15, 0.2) is 5.52 Å². The third-order valence-corrected chi connectivity index (χ3v) is 3.86. The molecule has 3 aromatic rings. The van der Waals surface area contributed by atoms with Crippen molar-refractivity contribution in [3.8, 4) is 0 Å². The van der Waals surface area contributed by atoms with Crippen LogP contribution < -0.4 is 5.56 Å². The summed E-state index contributed by atoms with van der Waals surface area (Å²) in [5.41, 5.74) is 2.24. The van der Waals surface area contributed by atoms with Crippen LogP contribution in [0.5, 0.6) is 0 Å². The molecule has 0 aromatic carbocycles. The zero-order valence-corrected chi connectivity index (χ0v) is 11.3. The predicted octanol–water partition coefficient (Wildman–Crippen LogP) is 2.66. The SMILES string of the molecule is C[C@H](Cc1ccsc1)n1cnc2cccnc2c1=O. The highest BCUT2D eigenvalue weighted by Crippen LogP contribution is 2.15. The maximum atomic E-state index is 12.4. The first kappa shape index (κ1) is 12.0. The fraction of sp³-hybridized carbons (Fsp3) is 0.214. The van der Waals surface area contributed by atoms with Gasteiger partial charge in [-0.1, -0.05) is 0 Å². The summed E-state index contributed by atoms with van der Waals surface area (Å²) >= 11 is 1.67. The smallest absolute Gasteiger partial charge is 0.280 e. The summed E-state index contributed by atoms with van der Waals surface area (Å²) < 4.78 is 1.66. The Kier molecular flexibility index (Phi) is 3.13. The molecule has 0 unspecified atom stereocenters. The van der Waals surface area contributed by atoms with Crippen molar-refractivity contribution < 1.29 is 0 Å². The number of hydrogen-bond donors (Lipinski definition) is 0. The summed E-state index contributed by atoms with van der Waals surface area (Å²) in [7, 11) is 0. The second-order valence-electron chi connectivity index (χ2n) is 4.51. The summed E-state index contributed by atoms with van der Waals surface area (Å²) in [5.74, 6) is 0. The van der Waals surface area contributed by atoms with E-state index < -0.39 is 0 Å². The van der Waals surface area contributed by atoms with E-state index in [2.05, 4.69) is 21.4 Å². The lowest BCUT2D eigenvalue weighted by Crippen LogP contribution is -2.25. The van der Waals surface area contributed by atoms with Crippen molar-refractivity contribution in [2.75, 3.05) is 0 Å². The topological polar surface area (TPSA) is 47.8 Å². The van der Waals surface area contributed by atoms with Gasteiger partial charge in [0.2, 0.25) is 0 Å². The van der Waals surface area contributed by atoms with Gasteiger partial charge in [-0.2, -0.15) is 11.3 Å². The second-order valence-corrected chi connectivity index (χ2v) is 5.29. The first-order valence-corrected chi connectivity index (χ1v) is 7.03. The Morgan fingerprint density at radius 2 is 2.26 bits per heavy atom. The Bertz CT molecular complexity index is 749. The molecule has 96 valence electrons. The van der Waals surface area contributed by atoms with Crippen LogP contribution >= 0.6 is 11.3 Å². The third kappa shape index (κ3) is 2.29. The van der Waals surface area contributed by atoms with Crippen molar-refractivity contribution in [2.45, 2.75) is 19.4 Å². The Balaban J connectivity index is 2.01. The van der Waals surface area contributed by atoms with Gasteiger partial charge in [-0.25, -0.2) is 9.97 Å². The lowest BCUT2D eigenvalue weighted by atomic mass is 10.1. The van der Waals surface area contributed by atoms with Crippen molar-refractivity contribution in [3.63, 3.8) is 0 Å². The molecule has 3 aromatic heterocycles. The molecular weight excluding hydrogens is 258 g/mol. The number of pyridine rings is 1. The minimum absolute atomic E-state index is 0.0704. The summed E-state index contributed by atoms with van der Waals surface area (Å²) in [5, 5.41) is 4.15. The highest BCUT2D eigenvalue weighted by molar-refractivity contribution is 7.07. The average molecular weight is 271 g/mol. The van der Waals surface area contributed by atoms with E-state index in [1.54, 1.807) is 40.6 Å². The van der Waals surface area contributed by atoms with E-state index in [4.69, 9.17) is 0 Å². The monoisotopic (exact) mass is 271 g/mol. The van der Waals surface area contributed by atoms with Crippen LogP contribution in [0.1, 0.15) is 18.5 Å². The molecule has 3 rings (SSSR count). The molecule has 0 spiro atoms. The molecule has 0 amide bonds. The third-order valence-electron chi connectivity index (χ3n) is 3.13. The van der Waals surface area contributed by atoms with E-state index in [9.17, 15) is 4.79 Å². The van der Waals surface area contributed by atoms with E-state index in [1.165, 1.54) is 5.56 Å². The van der Waals surface area contributed by atoms with E-state index in [0.29, 0.717) is 11.0 Å². The second kappa shape index (κ2) is 4.93. The van der Waals surface area contributed by atoms with Crippen LogP contribution in [0.15, 0.2) is 46.3 Å². The number of rotatable bonds is 3. The summed E-state index contributed by atoms with van der Waals surface area (Å²) in [6.07, 6.45) is 4.06. The molecule has 4 nitrogen and oxygen atoms in total. The zero-order chi connectivity index (χ0) is 13.2. The Morgan fingerprint density at radius 1 is 1.37 bits per heavy atom. The Labute approximate surface area is 114 Å². The van der Waals surface area contributed by atoms with Crippen molar-refractivity contribution in [2.24, 2.45) is 0 Å². The lowest BCUT2D eigenvalue weighted by molar-refractivity contribution is 0.523. The van der Waals surface area contributed by atoms with Gasteiger partial charge in [-0.05, 0) is 47.9 Å². The minimum atomic E-state index is -0.0756. The molecule has 3 heterocycles. The Morgan fingerprint density at radius 3 is 3.05 bits per heavy atom. The number of thiophene rings is 1. The minimum Gasteiger partial charge on any atom is -0.294 e. The largest absolute Gasteiger partial charge is 0.294 e. The average Bonchev–Trinajstić information content (AvgIpc) is 2.92. The molecule has 0 fully saturated rings. The molecule has 0 bridgehead atoms. The first-order chi connectivity index (χ1) is 9.25. The highest BCUT2D eigenvalue weighted by atomic mass is 32.1. The van der Waals surface area contributed by atoms with Gasteiger partial charge in [0.1, 0.15) is 0 Å². The molecule has 0 aliphatic rings. The first-order valence-electron chi connectivity index (χ1n) is 6.08. The van der Waals surface area contributed by atoms with Crippen molar-refractivity contribution in [1.29, 1.82) is 0 Å². The van der Waals surface area contributed by atoms with Crippen molar-refractivity contribution in [1.82, 2.24) is 14.5 Å². The molecule has 0 saturated heterocycles. The van der Waals surface area contributed by atoms with Crippen LogP contribution in [-0.2, 0) is 6.42 Å². The number of fused-ring (bicyclic) bond motifs is 1. The van der Waals surface area contributed by atoms with Gasteiger partial charge in [0.25, 0.3) is 5.56 Å². The summed E-state index contributed by atoms with van der Waals surface area (Å²) in [4.78, 5) is 20.8. The molecule has 1 atom stereocenters. The normalized spacial score (nSPS) is 12.7. The van der Waals surface area contributed by atoms with E-state index >= 15 is 0 Å². The summed E-state index contributed by atoms with van der Waals surface area (Å²) in [6, 6.07) is 5.74. The molecule has 0 aliphatic carbocycles. The van der Waals surface area contributed by atoms with Crippen LogP contribution in [0.2, 0.25) is 0 Å². The molecule has 0 aliphatic heterocycles. The van der Waals surface area contributed by atoms with Crippen LogP contribution in [-0.4, -0.2) is 14.5 Å². The standard InChI is InChI=1S/C14H13N3OS/c1-10(7-11-4-6-19-8-11)17-9-16-12-3-2-5-15-13(12)14(17)18/h2-6,8-10H,7H2,1H3/t10-/m1/s1. The van der Waals surface area contributed by atoms with Gasteiger partial charge < -0.3 is 0 Å². The zero-order valence-electron chi connectivity index (χ0n) is 10.5. The fourth-order valence-electron chi connectivity index (χ4n) is 2.13. The van der Waals surface area contributed by atoms with E-state index in [1.807, 2.05) is 12.3 Å². The molecule has 5 heteroatoms. The maximum absolute atomic E-state index is 12.4. The van der Waals surface area contributed by atoms with Gasteiger partial charge in [0.05, 0.1) is 11.8 Å². The van der Waals surface area contributed by atoms with Crippen molar-refractivity contribution >= 4 is 22.4 Å². The highest BCUT2D eigenvalue weighted by Gasteiger charge is 2.11. The lowest BCUT2D eigenvalue weighted by Gasteiger charge is -2.14. The number of nitrogens with zero attached hydrogens (tertiary/aromatic N) is 3. The Hall–Kier alpha value is -2.01. The van der Waals surface area contributed by atoms with Gasteiger partial charge >= 0.3 is 0 Å². The van der Waals surface area contributed by atoms with Crippen LogP contribution in [0, 0.1) is 0 Å². The molecule has 0 N–H and O–H groups in total. The summed E-state index contributed by atoms with van der Waals surface area (Å²) in [6.45, 7) is 2.02. The maximum Gasteiger partial charge on any atom is 0.280 e. The van der Waals surface area contributed by atoms with E-state index in [-0.39, 0.29) is 11.6 Å². The van der Waals surface area contributed by atoms with E-state index in [0.717, 1.165) is 6.42 Å². The molecule has 0 saturated carbocycles. The van der Waals surface area contributed by atoms with Crippen LogP contribution in [0.3, 0.4) is 0 Å². The predicted molar refractivity (Wildman–Crippen MR) is 76.5 cm³/mol. The van der Waals surface area contributed by atoms with Crippen LogP contribution in [0.4, 0.5) is 0 Å². The fourth-order valence-corrected chi connectivity index (χ4v) is 2.81.